The highest BCUT2D eigenvalue weighted by Crippen LogP contribution is 2.30. The molecule has 1 aliphatic rings. The second-order valence-electron chi connectivity index (χ2n) is 8.53. The molecule has 4 atom stereocenters. The van der Waals surface area contributed by atoms with E-state index in [0.29, 0.717) is 6.61 Å². The molecule has 2 heterocycles. The van der Waals surface area contributed by atoms with Crippen LogP contribution in [0, 0.1) is 5.41 Å². The Hall–Kier alpha value is -2.26. The van der Waals surface area contributed by atoms with Crippen LogP contribution in [-0.2, 0) is 9.47 Å². The molecule has 8 heteroatoms. The molecule has 29 heavy (non-hydrogen) atoms. The van der Waals surface area contributed by atoms with Crippen molar-refractivity contribution in [2.24, 2.45) is 5.41 Å². The van der Waals surface area contributed by atoms with Crippen molar-refractivity contribution in [3.8, 4) is 0 Å². The summed E-state index contributed by atoms with van der Waals surface area (Å²) in [6.45, 7) is 6.13. The van der Waals surface area contributed by atoms with Crippen LogP contribution in [0.1, 0.15) is 50.7 Å². The lowest BCUT2D eigenvalue weighted by Crippen LogP contribution is -2.36. The van der Waals surface area contributed by atoms with E-state index in [0.717, 1.165) is 5.56 Å². The van der Waals surface area contributed by atoms with Crippen LogP contribution in [0.4, 0.5) is 0 Å². The minimum atomic E-state index is -0.894. The first-order chi connectivity index (χ1) is 13.7. The third-order valence-electron chi connectivity index (χ3n) is 4.76. The van der Waals surface area contributed by atoms with Crippen LogP contribution in [0.2, 0.25) is 0 Å². The number of aromatic amines is 1. The Labute approximate surface area is 168 Å². The first kappa shape index (κ1) is 21.4. The number of H-pyrrole nitrogens is 1. The summed E-state index contributed by atoms with van der Waals surface area (Å²) in [6.07, 6.45) is -1.57. The monoisotopic (exact) mass is 404 g/mol. The standard InChI is InChI=1S/C21H28N2O6/c1-21(2,3)12-28-18(13-7-5-4-6-8-13)14-10-23(20(27)22-19(14)26)17-9-15(25)16(11-24)29-17/h4-8,10,15-18,24-25H,9,11-12H2,1-3H3,(H,22,26,27)/t15-,16+,17+,18?/m0/s1. The fourth-order valence-electron chi connectivity index (χ4n) is 3.28. The zero-order valence-electron chi connectivity index (χ0n) is 16.9. The molecular weight excluding hydrogens is 376 g/mol. The maximum absolute atomic E-state index is 12.7. The number of benzene rings is 1. The fraction of sp³-hybridized carbons (Fsp3) is 0.524. The first-order valence-electron chi connectivity index (χ1n) is 9.66. The van der Waals surface area contributed by atoms with Crippen LogP contribution in [-0.4, -0.2) is 45.2 Å². The summed E-state index contributed by atoms with van der Waals surface area (Å²) in [7, 11) is 0. The molecule has 3 rings (SSSR count). The van der Waals surface area contributed by atoms with Crippen molar-refractivity contribution in [3.63, 3.8) is 0 Å². The van der Waals surface area contributed by atoms with E-state index in [-0.39, 0.29) is 24.0 Å². The number of aliphatic hydroxyl groups is 2. The first-order valence-corrected chi connectivity index (χ1v) is 9.66. The molecule has 2 aromatic rings. The van der Waals surface area contributed by atoms with Crippen molar-refractivity contribution in [3.05, 3.63) is 68.5 Å². The molecule has 0 spiro atoms. The molecule has 0 aliphatic carbocycles. The predicted octanol–water partition coefficient (Wildman–Crippen LogP) is 1.33. The number of nitrogens with zero attached hydrogens (tertiary/aromatic N) is 1. The summed E-state index contributed by atoms with van der Waals surface area (Å²) in [5.74, 6) is 0. The second-order valence-corrected chi connectivity index (χ2v) is 8.53. The van der Waals surface area contributed by atoms with Gasteiger partial charge in [0.1, 0.15) is 18.4 Å². The molecule has 0 bridgehead atoms. The topological polar surface area (TPSA) is 114 Å². The SMILES string of the molecule is CC(C)(C)COC(c1ccccc1)c1cn([C@H]2C[C@H](O)[C@@H](CO)O2)c(=O)[nH]c1=O. The third kappa shape index (κ3) is 5.02. The summed E-state index contributed by atoms with van der Waals surface area (Å²) in [4.78, 5) is 27.4. The normalized spacial score (nSPS) is 23.3. The molecule has 1 aromatic heterocycles. The molecule has 3 N–H and O–H groups in total. The molecule has 0 amide bonds. The second kappa shape index (κ2) is 8.62. The lowest BCUT2D eigenvalue weighted by atomic mass is 9.97. The Morgan fingerprint density at radius 1 is 1.28 bits per heavy atom. The zero-order chi connectivity index (χ0) is 21.2. The number of nitrogens with one attached hydrogen (secondary N) is 1. The average Bonchev–Trinajstić information content (AvgIpc) is 3.04. The van der Waals surface area contributed by atoms with Gasteiger partial charge in [-0.1, -0.05) is 51.1 Å². The smallest absolute Gasteiger partial charge is 0.330 e. The van der Waals surface area contributed by atoms with Gasteiger partial charge in [0.2, 0.25) is 0 Å². The maximum Gasteiger partial charge on any atom is 0.330 e. The van der Waals surface area contributed by atoms with Crippen molar-refractivity contribution < 1.29 is 19.7 Å². The molecular formula is C21H28N2O6. The van der Waals surface area contributed by atoms with Gasteiger partial charge in [0.25, 0.3) is 5.56 Å². The quantitative estimate of drug-likeness (QED) is 0.669. The van der Waals surface area contributed by atoms with Gasteiger partial charge in [-0.2, -0.15) is 0 Å². The van der Waals surface area contributed by atoms with Crippen LogP contribution in [0.25, 0.3) is 0 Å². The van der Waals surface area contributed by atoms with Crippen LogP contribution < -0.4 is 11.2 Å². The number of rotatable bonds is 6. The minimum absolute atomic E-state index is 0.124. The van der Waals surface area contributed by atoms with E-state index in [2.05, 4.69) is 4.98 Å². The van der Waals surface area contributed by atoms with Gasteiger partial charge >= 0.3 is 5.69 Å². The Morgan fingerprint density at radius 2 is 1.97 bits per heavy atom. The van der Waals surface area contributed by atoms with Gasteiger partial charge in [-0.05, 0) is 11.0 Å². The summed E-state index contributed by atoms with van der Waals surface area (Å²) in [6, 6.07) is 9.31. The van der Waals surface area contributed by atoms with Gasteiger partial charge in [-0.3, -0.25) is 14.3 Å². The van der Waals surface area contributed by atoms with Gasteiger partial charge in [0, 0.05) is 12.6 Å². The van der Waals surface area contributed by atoms with Crippen molar-refractivity contribution in [2.75, 3.05) is 13.2 Å². The molecule has 0 radical (unpaired) electrons. The van der Waals surface area contributed by atoms with Gasteiger partial charge in [0.05, 0.1) is 24.9 Å². The molecule has 8 nitrogen and oxygen atoms in total. The fourth-order valence-corrected chi connectivity index (χ4v) is 3.28. The van der Waals surface area contributed by atoms with E-state index in [1.165, 1.54) is 10.8 Å². The highest BCUT2D eigenvalue weighted by atomic mass is 16.5. The van der Waals surface area contributed by atoms with Crippen molar-refractivity contribution in [1.82, 2.24) is 9.55 Å². The Balaban J connectivity index is 2.02. The van der Waals surface area contributed by atoms with Crippen LogP contribution in [0.3, 0.4) is 0 Å². The van der Waals surface area contributed by atoms with E-state index in [4.69, 9.17) is 9.47 Å². The third-order valence-corrected chi connectivity index (χ3v) is 4.76. The lowest BCUT2D eigenvalue weighted by molar-refractivity contribution is -0.0463. The van der Waals surface area contributed by atoms with E-state index in [1.807, 2.05) is 51.1 Å². The van der Waals surface area contributed by atoms with Crippen molar-refractivity contribution in [2.45, 2.75) is 51.7 Å². The number of ether oxygens (including phenoxy) is 2. The molecule has 1 aromatic carbocycles. The number of aromatic nitrogens is 2. The van der Waals surface area contributed by atoms with Crippen LogP contribution in [0.15, 0.2) is 46.1 Å². The highest BCUT2D eigenvalue weighted by molar-refractivity contribution is 5.27. The van der Waals surface area contributed by atoms with E-state index in [9.17, 15) is 19.8 Å². The largest absolute Gasteiger partial charge is 0.394 e. The van der Waals surface area contributed by atoms with Gasteiger partial charge in [0.15, 0.2) is 0 Å². The summed E-state index contributed by atoms with van der Waals surface area (Å²) in [5.41, 5.74) is -0.247. The maximum atomic E-state index is 12.7. The molecule has 1 saturated heterocycles. The van der Waals surface area contributed by atoms with Crippen molar-refractivity contribution >= 4 is 0 Å². The number of hydrogen-bond donors (Lipinski definition) is 3. The van der Waals surface area contributed by atoms with Gasteiger partial charge in [-0.15, -0.1) is 0 Å². The Kier molecular flexibility index (Phi) is 6.38. The number of hydrogen-bond acceptors (Lipinski definition) is 6. The minimum Gasteiger partial charge on any atom is -0.394 e. The average molecular weight is 404 g/mol. The Morgan fingerprint density at radius 3 is 2.55 bits per heavy atom. The van der Waals surface area contributed by atoms with Gasteiger partial charge in [-0.25, -0.2) is 4.79 Å². The molecule has 158 valence electrons. The van der Waals surface area contributed by atoms with Gasteiger partial charge < -0.3 is 19.7 Å². The summed E-state index contributed by atoms with van der Waals surface area (Å²) >= 11 is 0. The van der Waals surface area contributed by atoms with Crippen LogP contribution in [0.5, 0.6) is 0 Å². The van der Waals surface area contributed by atoms with E-state index in [1.54, 1.807) is 0 Å². The molecule has 1 fully saturated rings. The number of aliphatic hydroxyl groups excluding tert-OH is 2. The zero-order valence-corrected chi connectivity index (χ0v) is 16.9. The van der Waals surface area contributed by atoms with Crippen molar-refractivity contribution in [1.29, 1.82) is 0 Å². The predicted molar refractivity (Wildman–Crippen MR) is 107 cm³/mol. The highest BCUT2D eigenvalue weighted by Gasteiger charge is 2.35. The molecule has 1 aliphatic heterocycles. The molecule has 1 unspecified atom stereocenters. The van der Waals surface area contributed by atoms with E-state index < -0.39 is 35.8 Å². The summed E-state index contributed by atoms with van der Waals surface area (Å²) in [5, 5.41) is 19.3. The van der Waals surface area contributed by atoms with Crippen LogP contribution >= 0.6 is 0 Å². The van der Waals surface area contributed by atoms with E-state index >= 15 is 0 Å². The molecule has 0 saturated carbocycles. The Bertz CT molecular complexity index is 931. The summed E-state index contributed by atoms with van der Waals surface area (Å²) < 4.78 is 12.9. The lowest BCUT2D eigenvalue weighted by Gasteiger charge is -2.25.